The van der Waals surface area contributed by atoms with Crippen LogP contribution in [0.15, 0.2) is 0 Å². The molecule has 0 bridgehead atoms. The fourth-order valence-electron chi connectivity index (χ4n) is 3.89. The molecule has 34 heavy (non-hydrogen) atoms. The Kier molecular flexibility index (Phi) is 25.3. The molecule has 0 aliphatic heterocycles. The van der Waals surface area contributed by atoms with Gasteiger partial charge in [-0.05, 0) is 13.6 Å². The van der Waals surface area contributed by atoms with E-state index in [4.69, 9.17) is 22.9 Å². The molecule has 0 radical (unpaired) electrons. The lowest BCUT2D eigenvalue weighted by molar-refractivity contribution is 0.164. The Hall–Kier alpha value is -0.440. The molecule has 0 amide bonds. The van der Waals surface area contributed by atoms with E-state index in [1.54, 1.807) is 0 Å². The molecular weight excluding hydrogens is 430 g/mol. The van der Waals surface area contributed by atoms with Gasteiger partial charge < -0.3 is 38.9 Å². The summed E-state index contributed by atoms with van der Waals surface area (Å²) < 4.78 is 0. The maximum Gasteiger partial charge on any atom is 0.0110 e. The molecule has 0 aromatic rings. The van der Waals surface area contributed by atoms with Crippen molar-refractivity contribution in [2.45, 2.75) is 6.92 Å². The van der Waals surface area contributed by atoms with Gasteiger partial charge in [0.05, 0.1) is 0 Å². The Morgan fingerprint density at radius 2 is 0.824 bits per heavy atom. The molecule has 0 aliphatic rings. The van der Waals surface area contributed by atoms with Crippen molar-refractivity contribution in [3.8, 4) is 0 Å². The molecule has 0 spiro atoms. The van der Waals surface area contributed by atoms with Crippen LogP contribution in [0.2, 0.25) is 0 Å². The predicted molar refractivity (Wildman–Crippen MR) is 147 cm³/mol. The van der Waals surface area contributed by atoms with Gasteiger partial charge in [0.2, 0.25) is 0 Å². The second kappa shape index (κ2) is 25.6. The molecule has 0 atom stereocenters. The Morgan fingerprint density at radius 3 is 1.21 bits per heavy atom. The van der Waals surface area contributed by atoms with Crippen LogP contribution in [0.4, 0.5) is 0 Å². The van der Waals surface area contributed by atoms with Crippen LogP contribution >= 0.6 is 0 Å². The smallest absolute Gasteiger partial charge is 0.0110 e. The van der Waals surface area contributed by atoms with Crippen molar-refractivity contribution < 1.29 is 0 Å². The van der Waals surface area contributed by atoms with E-state index in [2.05, 4.69) is 42.5 Å². The molecule has 0 heterocycles. The number of hydrogen-bond acceptors (Lipinski definition) is 11. The first-order chi connectivity index (χ1) is 16.6. The predicted octanol–water partition coefficient (Wildman–Crippen LogP) is -3.55. The van der Waals surface area contributed by atoms with Crippen LogP contribution in [0.5, 0.6) is 0 Å². The van der Waals surface area contributed by atoms with Crippen LogP contribution < -0.4 is 38.9 Å². The third-order valence-corrected chi connectivity index (χ3v) is 5.99. The van der Waals surface area contributed by atoms with E-state index >= 15 is 0 Å². The van der Waals surface area contributed by atoms with Gasteiger partial charge in [-0.1, -0.05) is 6.92 Å². The number of rotatable bonds is 27. The molecule has 0 aromatic heterocycles. The van der Waals surface area contributed by atoms with E-state index in [9.17, 15) is 0 Å². The molecule has 11 heteroatoms. The van der Waals surface area contributed by atoms with Gasteiger partial charge >= 0.3 is 0 Å². The minimum atomic E-state index is 0.674. The first kappa shape index (κ1) is 33.6. The van der Waals surface area contributed by atoms with Crippen molar-refractivity contribution in [3.05, 3.63) is 0 Å². The summed E-state index contributed by atoms with van der Waals surface area (Å²) in [5.41, 5.74) is 23.1. The van der Waals surface area contributed by atoms with Crippen LogP contribution in [0.3, 0.4) is 0 Å². The largest absolute Gasteiger partial charge is 0.329 e. The monoisotopic (exact) mass is 489 g/mol. The highest BCUT2D eigenvalue weighted by Crippen LogP contribution is 1.97. The van der Waals surface area contributed by atoms with Crippen molar-refractivity contribution in [1.29, 1.82) is 0 Å². The minimum absolute atomic E-state index is 0.674. The summed E-state index contributed by atoms with van der Waals surface area (Å²) in [6, 6.07) is 0. The first-order valence-corrected chi connectivity index (χ1v) is 13.4. The van der Waals surface area contributed by atoms with E-state index in [1.165, 1.54) is 0 Å². The average Bonchev–Trinajstić information content (AvgIpc) is 2.84. The maximum atomic E-state index is 5.87. The fourth-order valence-corrected chi connectivity index (χ4v) is 3.89. The van der Waals surface area contributed by atoms with Crippen molar-refractivity contribution in [2.24, 2.45) is 22.9 Å². The van der Waals surface area contributed by atoms with Crippen LogP contribution in [-0.2, 0) is 0 Å². The number of nitrogens with zero attached hydrogens (tertiary/aromatic N) is 4. The lowest BCUT2D eigenvalue weighted by Crippen LogP contribution is -2.46. The van der Waals surface area contributed by atoms with E-state index in [0.717, 1.165) is 111 Å². The summed E-state index contributed by atoms with van der Waals surface area (Å²) in [5, 5.41) is 10.2. The standard InChI is InChI=1S/C23H59N11/c1-3-29-10-16-32(14-7-27)19-21-34(17-11-30-8-4-24)23-22-33(15-9-28-2)20-18-31(12-5-25)13-6-26/h28-30H,3-27H2,1-2H3. The zero-order valence-corrected chi connectivity index (χ0v) is 22.4. The first-order valence-electron chi connectivity index (χ1n) is 13.4. The Bertz CT molecular complexity index is 397. The minimum Gasteiger partial charge on any atom is -0.329 e. The van der Waals surface area contributed by atoms with Crippen LogP contribution in [0.25, 0.3) is 0 Å². The highest BCUT2D eigenvalue weighted by Gasteiger charge is 2.13. The zero-order chi connectivity index (χ0) is 25.3. The highest BCUT2D eigenvalue weighted by molar-refractivity contribution is 4.71. The Labute approximate surface area is 210 Å². The van der Waals surface area contributed by atoms with Crippen molar-refractivity contribution in [1.82, 2.24) is 35.6 Å². The average molecular weight is 490 g/mol. The van der Waals surface area contributed by atoms with Crippen LogP contribution in [-0.4, -0.2) is 164 Å². The van der Waals surface area contributed by atoms with Crippen molar-refractivity contribution in [2.75, 3.05) is 144 Å². The molecule has 0 unspecified atom stereocenters. The summed E-state index contributed by atoms with van der Waals surface area (Å²) in [6.45, 7) is 21.8. The third-order valence-electron chi connectivity index (χ3n) is 5.99. The Balaban J connectivity index is 4.84. The van der Waals surface area contributed by atoms with E-state index in [1.807, 2.05) is 7.05 Å². The van der Waals surface area contributed by atoms with Gasteiger partial charge in [-0.15, -0.1) is 0 Å². The normalized spacial score (nSPS) is 12.2. The van der Waals surface area contributed by atoms with Crippen molar-refractivity contribution in [3.63, 3.8) is 0 Å². The third kappa shape index (κ3) is 19.8. The molecule has 11 N–H and O–H groups in total. The summed E-state index contributed by atoms with van der Waals surface area (Å²) in [6.07, 6.45) is 0. The van der Waals surface area contributed by atoms with Gasteiger partial charge in [0, 0.05) is 131 Å². The van der Waals surface area contributed by atoms with Gasteiger partial charge in [-0.3, -0.25) is 19.6 Å². The summed E-state index contributed by atoms with van der Waals surface area (Å²) >= 11 is 0. The second-order valence-electron chi connectivity index (χ2n) is 8.73. The summed E-state index contributed by atoms with van der Waals surface area (Å²) in [5.74, 6) is 0. The maximum absolute atomic E-state index is 5.87. The van der Waals surface area contributed by atoms with Gasteiger partial charge in [-0.2, -0.15) is 0 Å². The van der Waals surface area contributed by atoms with E-state index < -0.39 is 0 Å². The topological polar surface area (TPSA) is 153 Å². The molecule has 0 aliphatic carbocycles. The quantitative estimate of drug-likeness (QED) is 0.0574. The number of nitrogens with two attached hydrogens (primary N) is 4. The molecule has 0 rings (SSSR count). The van der Waals surface area contributed by atoms with Crippen molar-refractivity contribution >= 4 is 0 Å². The summed E-state index contributed by atoms with van der Waals surface area (Å²) in [7, 11) is 2.02. The Morgan fingerprint density at radius 1 is 0.441 bits per heavy atom. The number of nitrogens with one attached hydrogen (secondary N) is 3. The number of hydrogen-bond donors (Lipinski definition) is 7. The van der Waals surface area contributed by atoms with Gasteiger partial charge in [-0.25, -0.2) is 0 Å². The molecule has 0 saturated heterocycles. The van der Waals surface area contributed by atoms with E-state index in [-0.39, 0.29) is 0 Å². The summed E-state index contributed by atoms with van der Waals surface area (Å²) in [4.78, 5) is 9.97. The zero-order valence-electron chi connectivity index (χ0n) is 22.4. The van der Waals surface area contributed by atoms with Crippen LogP contribution in [0.1, 0.15) is 6.92 Å². The lowest BCUT2D eigenvalue weighted by Gasteiger charge is -2.31. The lowest BCUT2D eigenvalue weighted by atomic mass is 10.3. The second-order valence-corrected chi connectivity index (χ2v) is 8.73. The molecular formula is C23H59N11. The van der Waals surface area contributed by atoms with Gasteiger partial charge in [0.15, 0.2) is 0 Å². The number of likely N-dealkylation sites (N-methyl/N-ethyl adjacent to an activating group) is 2. The fraction of sp³-hybridized carbons (Fsp3) is 1.00. The SMILES string of the molecule is CCNCCN(CCN)CCN(CCNCCN)CCN(CCNC)CCN(CCN)CCN. The molecule has 0 aromatic carbocycles. The van der Waals surface area contributed by atoms with Gasteiger partial charge in [0.25, 0.3) is 0 Å². The molecule has 11 nitrogen and oxygen atoms in total. The molecule has 0 saturated carbocycles. The highest BCUT2D eigenvalue weighted by atomic mass is 15.2. The van der Waals surface area contributed by atoms with Gasteiger partial charge in [0.1, 0.15) is 0 Å². The van der Waals surface area contributed by atoms with Crippen LogP contribution in [0, 0.1) is 0 Å². The van der Waals surface area contributed by atoms with E-state index in [0.29, 0.717) is 26.2 Å². The molecule has 0 fully saturated rings. The molecule has 206 valence electrons.